The van der Waals surface area contributed by atoms with E-state index >= 15 is 0 Å². The molecule has 1 aromatic rings. The summed E-state index contributed by atoms with van der Waals surface area (Å²) in [5.74, 6) is 5.01. The Hall–Kier alpha value is -2.00. The molecule has 0 aliphatic rings. The summed E-state index contributed by atoms with van der Waals surface area (Å²) >= 11 is 0. The Bertz CT molecular complexity index is 710. The second-order valence-electron chi connectivity index (χ2n) is 6.02. The molecule has 0 bridgehead atoms. The topological polar surface area (TPSA) is 83.1 Å². The van der Waals surface area contributed by atoms with E-state index in [1.807, 2.05) is 0 Å². The molecular weight excluding hydrogens is 369 g/mol. The second kappa shape index (κ2) is 10.4. The molecule has 0 aromatic heterocycles. The highest BCUT2D eigenvalue weighted by Gasteiger charge is 2.35. The summed E-state index contributed by atoms with van der Waals surface area (Å²) in [6.07, 6.45) is 0. The van der Waals surface area contributed by atoms with Crippen molar-refractivity contribution in [1.82, 2.24) is 0 Å². The maximum absolute atomic E-state index is 13.2. The van der Waals surface area contributed by atoms with E-state index in [1.54, 1.807) is 59.1 Å². The fourth-order valence-corrected chi connectivity index (χ4v) is 3.83. The van der Waals surface area contributed by atoms with Crippen LogP contribution in [0.4, 0.5) is 5.69 Å². The van der Waals surface area contributed by atoms with Gasteiger partial charge in [0.15, 0.2) is 11.4 Å². The van der Waals surface area contributed by atoms with Crippen LogP contribution in [-0.4, -0.2) is 37.7 Å². The van der Waals surface area contributed by atoms with Gasteiger partial charge < -0.3 is 23.8 Å². The predicted octanol–water partition coefficient (Wildman–Crippen LogP) is 4.04. The van der Waals surface area contributed by atoms with Gasteiger partial charge in [-0.25, -0.2) is 0 Å². The number of esters is 1. The Morgan fingerprint density at radius 1 is 1.19 bits per heavy atom. The normalized spacial score (nSPS) is 12.5. The van der Waals surface area contributed by atoms with Crippen LogP contribution in [0.3, 0.4) is 0 Å². The van der Waals surface area contributed by atoms with E-state index in [2.05, 4.69) is 17.2 Å². The van der Waals surface area contributed by atoms with E-state index in [0.717, 1.165) is 0 Å². The van der Waals surface area contributed by atoms with Crippen molar-refractivity contribution in [3.63, 3.8) is 0 Å². The third kappa shape index (κ3) is 7.64. The first-order valence-electron chi connectivity index (χ1n) is 8.67. The number of benzene rings is 1. The van der Waals surface area contributed by atoms with Gasteiger partial charge in [-0.15, -0.1) is 0 Å². The minimum absolute atomic E-state index is 0.201. The first kappa shape index (κ1) is 23.0. The van der Waals surface area contributed by atoms with E-state index in [0.29, 0.717) is 11.4 Å². The molecule has 0 amide bonds. The van der Waals surface area contributed by atoms with Crippen molar-refractivity contribution in [3.8, 4) is 17.6 Å². The van der Waals surface area contributed by atoms with Gasteiger partial charge in [-0.1, -0.05) is 11.8 Å². The van der Waals surface area contributed by atoms with Crippen LogP contribution in [0, 0.1) is 11.8 Å². The van der Waals surface area contributed by atoms with Gasteiger partial charge >= 0.3 is 13.6 Å². The molecule has 0 heterocycles. The lowest BCUT2D eigenvalue weighted by Crippen LogP contribution is -2.27. The Kier molecular flexibility index (Phi) is 8.84. The second-order valence-corrected chi connectivity index (χ2v) is 8.14. The zero-order valence-corrected chi connectivity index (χ0v) is 17.6. The lowest BCUT2D eigenvalue weighted by atomic mass is 10.1. The molecule has 0 saturated carbocycles. The van der Waals surface area contributed by atoms with E-state index in [9.17, 15) is 9.36 Å². The summed E-state index contributed by atoms with van der Waals surface area (Å²) in [4.78, 5) is 11.2. The molecule has 1 aromatic carbocycles. The highest BCUT2D eigenvalue weighted by atomic mass is 31.2. The van der Waals surface area contributed by atoms with Gasteiger partial charge in [0.05, 0.1) is 20.3 Å². The first-order chi connectivity index (χ1) is 12.7. The SMILES string of the molecule is CCOP(=O)(OCC)C(C#CC(C)(C)OC(C)=O)Nc1ccc(OC)cc1. The molecule has 0 saturated heterocycles. The van der Waals surface area contributed by atoms with Crippen LogP contribution in [0.5, 0.6) is 5.75 Å². The summed E-state index contributed by atoms with van der Waals surface area (Å²) in [5.41, 5.74) is -0.380. The Balaban J connectivity index is 3.22. The largest absolute Gasteiger partial charge is 0.497 e. The van der Waals surface area contributed by atoms with Crippen molar-refractivity contribution < 1.29 is 27.9 Å². The Morgan fingerprint density at radius 3 is 2.19 bits per heavy atom. The molecule has 0 spiro atoms. The standard InChI is InChI=1S/C19H28NO6P/c1-7-24-27(22,25-8-2)18(13-14-19(4,5)26-15(3)21)20-16-9-11-17(23-6)12-10-16/h9-12,18,20H,7-8H2,1-6H3. The Labute approximate surface area is 161 Å². The van der Waals surface area contributed by atoms with Gasteiger partial charge in [-0.2, -0.15) is 0 Å². The number of nitrogens with one attached hydrogen (secondary N) is 1. The Morgan fingerprint density at radius 2 is 1.74 bits per heavy atom. The minimum atomic E-state index is -3.59. The average molecular weight is 397 g/mol. The highest BCUT2D eigenvalue weighted by Crippen LogP contribution is 2.52. The molecule has 0 fully saturated rings. The highest BCUT2D eigenvalue weighted by molar-refractivity contribution is 7.55. The van der Waals surface area contributed by atoms with Crippen molar-refractivity contribution in [2.24, 2.45) is 0 Å². The van der Waals surface area contributed by atoms with Gasteiger partial charge in [0, 0.05) is 12.6 Å². The number of ether oxygens (including phenoxy) is 2. The number of hydrogen-bond acceptors (Lipinski definition) is 7. The van der Waals surface area contributed by atoms with Gasteiger partial charge in [0.25, 0.3) is 0 Å². The number of carbonyl (C=O) groups excluding carboxylic acids is 1. The number of anilines is 1. The summed E-state index contributed by atoms with van der Waals surface area (Å²) in [6, 6.07) is 7.07. The lowest BCUT2D eigenvalue weighted by molar-refractivity contribution is -0.148. The summed E-state index contributed by atoms with van der Waals surface area (Å²) < 4.78 is 34.4. The van der Waals surface area contributed by atoms with E-state index in [1.165, 1.54) is 6.92 Å². The maximum atomic E-state index is 13.2. The first-order valence-corrected chi connectivity index (χ1v) is 10.3. The number of carbonyl (C=O) groups is 1. The van der Waals surface area contributed by atoms with Gasteiger partial charge in [-0.3, -0.25) is 9.36 Å². The quantitative estimate of drug-likeness (QED) is 0.382. The van der Waals surface area contributed by atoms with Gasteiger partial charge in [0.2, 0.25) is 0 Å². The molecule has 1 rings (SSSR count). The molecular formula is C19H28NO6P. The van der Waals surface area contributed by atoms with Crippen LogP contribution < -0.4 is 10.1 Å². The molecule has 0 aliphatic heterocycles. The molecule has 0 aliphatic carbocycles. The fraction of sp³-hybridized carbons (Fsp3) is 0.526. The van der Waals surface area contributed by atoms with Crippen LogP contribution in [0.15, 0.2) is 24.3 Å². The van der Waals surface area contributed by atoms with Crippen molar-refractivity contribution in [2.75, 3.05) is 25.6 Å². The molecule has 8 heteroatoms. The van der Waals surface area contributed by atoms with Crippen LogP contribution in [-0.2, 0) is 23.1 Å². The van der Waals surface area contributed by atoms with Crippen molar-refractivity contribution >= 4 is 19.3 Å². The van der Waals surface area contributed by atoms with Crippen molar-refractivity contribution in [3.05, 3.63) is 24.3 Å². The summed E-state index contributed by atoms with van der Waals surface area (Å²) in [6.45, 7) is 8.47. The maximum Gasteiger partial charge on any atom is 0.364 e. The monoisotopic (exact) mass is 397 g/mol. The summed E-state index contributed by atoms with van der Waals surface area (Å²) in [5, 5.41) is 3.08. The van der Waals surface area contributed by atoms with Crippen LogP contribution >= 0.6 is 7.60 Å². The fourth-order valence-electron chi connectivity index (χ4n) is 2.21. The molecule has 27 heavy (non-hydrogen) atoms. The van der Waals surface area contributed by atoms with Crippen LogP contribution in [0.25, 0.3) is 0 Å². The van der Waals surface area contributed by atoms with Crippen molar-refractivity contribution in [2.45, 2.75) is 46.0 Å². The zero-order chi connectivity index (χ0) is 20.5. The third-order valence-electron chi connectivity index (χ3n) is 3.24. The van der Waals surface area contributed by atoms with E-state index in [-0.39, 0.29) is 13.2 Å². The van der Waals surface area contributed by atoms with Crippen LogP contribution in [0.1, 0.15) is 34.6 Å². The average Bonchev–Trinajstić information content (AvgIpc) is 2.58. The summed E-state index contributed by atoms with van der Waals surface area (Å²) in [7, 11) is -2.01. The molecule has 0 radical (unpaired) electrons. The van der Waals surface area contributed by atoms with Crippen LogP contribution in [0.2, 0.25) is 0 Å². The van der Waals surface area contributed by atoms with Crippen molar-refractivity contribution in [1.29, 1.82) is 0 Å². The molecule has 1 N–H and O–H groups in total. The van der Waals surface area contributed by atoms with Gasteiger partial charge in [-0.05, 0) is 52.0 Å². The zero-order valence-electron chi connectivity index (χ0n) is 16.7. The molecule has 7 nitrogen and oxygen atoms in total. The number of rotatable bonds is 9. The van der Waals surface area contributed by atoms with E-state index in [4.69, 9.17) is 18.5 Å². The van der Waals surface area contributed by atoms with E-state index < -0.39 is 24.9 Å². The third-order valence-corrected chi connectivity index (χ3v) is 5.36. The lowest BCUT2D eigenvalue weighted by Gasteiger charge is -2.25. The van der Waals surface area contributed by atoms with Gasteiger partial charge in [0.1, 0.15) is 5.75 Å². The number of methoxy groups -OCH3 is 1. The number of hydrogen-bond donors (Lipinski definition) is 1. The molecule has 150 valence electrons. The molecule has 1 unspecified atom stereocenters. The minimum Gasteiger partial charge on any atom is -0.497 e. The smallest absolute Gasteiger partial charge is 0.364 e. The predicted molar refractivity (Wildman–Crippen MR) is 105 cm³/mol. The molecule has 1 atom stereocenters.